The first-order chi connectivity index (χ1) is 7.08. The summed E-state index contributed by atoms with van der Waals surface area (Å²) in [4.78, 5) is 6.54. The van der Waals surface area contributed by atoms with Crippen LogP contribution in [0.15, 0.2) is 12.3 Å². The lowest BCUT2D eigenvalue weighted by Gasteiger charge is -2.18. The van der Waals surface area contributed by atoms with Gasteiger partial charge in [-0.1, -0.05) is 0 Å². The summed E-state index contributed by atoms with van der Waals surface area (Å²) in [5.74, 6) is 0.0424. The molecule has 1 aromatic heterocycles. The number of hydrogen-bond acceptors (Lipinski definition) is 3. The first-order valence-corrected chi connectivity index (χ1v) is 5.14. The molecule has 80 valence electrons. The zero-order valence-corrected chi connectivity index (χ0v) is 9.12. The van der Waals surface area contributed by atoms with E-state index in [1.54, 1.807) is 0 Å². The Morgan fingerprint density at radius 1 is 1.47 bits per heavy atom. The number of fused-ring (bicyclic) bond motifs is 1. The van der Waals surface area contributed by atoms with Crippen molar-refractivity contribution in [1.29, 1.82) is 5.41 Å². The van der Waals surface area contributed by atoms with Gasteiger partial charge in [-0.25, -0.2) is 0 Å². The van der Waals surface area contributed by atoms with E-state index in [1.165, 1.54) is 11.1 Å². The topological polar surface area (TPSA) is 66.0 Å². The van der Waals surface area contributed by atoms with Crippen LogP contribution in [0.5, 0.6) is 0 Å². The van der Waals surface area contributed by atoms with E-state index < -0.39 is 0 Å². The molecule has 2 heterocycles. The zero-order valence-electron chi connectivity index (χ0n) is 9.12. The molecule has 15 heavy (non-hydrogen) atoms. The fourth-order valence-electron chi connectivity index (χ4n) is 1.82. The average molecular weight is 204 g/mol. The molecule has 0 aromatic carbocycles. The Labute approximate surface area is 89.6 Å². The number of amidine groups is 1. The van der Waals surface area contributed by atoms with Gasteiger partial charge in [-0.2, -0.15) is 0 Å². The SMILES string of the molecule is CC(C)N1Cc2cnc(C(=N)N)cc2C1. The van der Waals surface area contributed by atoms with Crippen molar-refractivity contribution in [2.75, 3.05) is 0 Å². The van der Waals surface area contributed by atoms with Crippen LogP contribution in [0, 0.1) is 5.41 Å². The van der Waals surface area contributed by atoms with Crippen LogP contribution in [0.3, 0.4) is 0 Å². The molecule has 0 saturated heterocycles. The predicted octanol–water partition coefficient (Wildman–Crippen LogP) is 1.09. The maximum absolute atomic E-state index is 7.33. The highest BCUT2D eigenvalue weighted by Crippen LogP contribution is 2.24. The second-order valence-electron chi connectivity index (χ2n) is 4.25. The van der Waals surface area contributed by atoms with Gasteiger partial charge in [0.05, 0.1) is 0 Å². The molecule has 4 heteroatoms. The van der Waals surface area contributed by atoms with Crippen molar-refractivity contribution in [2.45, 2.75) is 33.0 Å². The van der Waals surface area contributed by atoms with Crippen LogP contribution in [-0.4, -0.2) is 21.8 Å². The van der Waals surface area contributed by atoms with Crippen LogP contribution in [0.4, 0.5) is 0 Å². The summed E-state index contributed by atoms with van der Waals surface area (Å²) >= 11 is 0. The summed E-state index contributed by atoms with van der Waals surface area (Å²) in [5, 5.41) is 7.33. The van der Waals surface area contributed by atoms with E-state index in [1.807, 2.05) is 12.3 Å². The van der Waals surface area contributed by atoms with Crippen LogP contribution in [0.2, 0.25) is 0 Å². The molecule has 0 saturated carbocycles. The first-order valence-electron chi connectivity index (χ1n) is 5.14. The third kappa shape index (κ3) is 1.85. The van der Waals surface area contributed by atoms with Crippen LogP contribution in [0.1, 0.15) is 30.7 Å². The third-order valence-corrected chi connectivity index (χ3v) is 2.84. The minimum atomic E-state index is 0.0424. The van der Waals surface area contributed by atoms with E-state index >= 15 is 0 Å². The lowest BCUT2D eigenvalue weighted by atomic mass is 10.1. The Morgan fingerprint density at radius 3 is 2.73 bits per heavy atom. The molecule has 1 aliphatic heterocycles. The second kappa shape index (κ2) is 3.62. The summed E-state index contributed by atoms with van der Waals surface area (Å²) < 4.78 is 0. The molecule has 0 bridgehead atoms. The number of hydrogen-bond donors (Lipinski definition) is 2. The molecule has 4 nitrogen and oxygen atoms in total. The van der Waals surface area contributed by atoms with E-state index in [0.29, 0.717) is 11.7 Å². The van der Waals surface area contributed by atoms with Gasteiger partial charge < -0.3 is 5.73 Å². The molecule has 3 N–H and O–H groups in total. The number of rotatable bonds is 2. The maximum atomic E-state index is 7.33. The zero-order chi connectivity index (χ0) is 11.0. The standard InChI is InChI=1S/C11H16N4/c1-7(2)15-5-8-3-10(11(12)13)14-4-9(8)6-15/h3-4,7H,5-6H2,1-2H3,(H3,12,13). The molecule has 1 aromatic rings. The smallest absolute Gasteiger partial charge is 0.141 e. The highest BCUT2D eigenvalue weighted by molar-refractivity contribution is 5.93. The van der Waals surface area contributed by atoms with Gasteiger partial charge in [0.15, 0.2) is 0 Å². The van der Waals surface area contributed by atoms with E-state index in [0.717, 1.165) is 13.1 Å². The molecular weight excluding hydrogens is 188 g/mol. The Kier molecular flexibility index (Phi) is 2.44. The number of nitrogen functional groups attached to an aromatic ring is 1. The summed E-state index contributed by atoms with van der Waals surface area (Å²) in [6.07, 6.45) is 1.84. The Hall–Kier alpha value is -1.42. The summed E-state index contributed by atoms with van der Waals surface area (Å²) in [6, 6.07) is 2.47. The van der Waals surface area contributed by atoms with Gasteiger partial charge in [-0.05, 0) is 31.0 Å². The first kappa shape index (κ1) is 10.1. The normalized spacial score (nSPS) is 15.7. The minimum absolute atomic E-state index is 0.0424. The Morgan fingerprint density at radius 2 is 2.13 bits per heavy atom. The molecule has 1 aliphatic rings. The fraction of sp³-hybridized carbons (Fsp3) is 0.455. The van der Waals surface area contributed by atoms with E-state index in [2.05, 4.69) is 23.7 Å². The maximum Gasteiger partial charge on any atom is 0.141 e. The van der Waals surface area contributed by atoms with Crippen LogP contribution in [0.25, 0.3) is 0 Å². The molecule has 0 spiro atoms. The summed E-state index contributed by atoms with van der Waals surface area (Å²) in [6.45, 7) is 6.27. The number of pyridine rings is 1. The van der Waals surface area contributed by atoms with Gasteiger partial charge in [-0.15, -0.1) is 0 Å². The van der Waals surface area contributed by atoms with Crippen molar-refractivity contribution in [1.82, 2.24) is 9.88 Å². The molecule has 2 rings (SSSR count). The van der Waals surface area contributed by atoms with Gasteiger partial charge in [0, 0.05) is 25.3 Å². The predicted molar refractivity (Wildman–Crippen MR) is 59.6 cm³/mol. The van der Waals surface area contributed by atoms with Crippen molar-refractivity contribution >= 4 is 5.84 Å². The highest BCUT2D eigenvalue weighted by atomic mass is 15.2. The van der Waals surface area contributed by atoms with Gasteiger partial charge in [0.2, 0.25) is 0 Å². The third-order valence-electron chi connectivity index (χ3n) is 2.84. The second-order valence-corrected chi connectivity index (χ2v) is 4.25. The van der Waals surface area contributed by atoms with Crippen molar-refractivity contribution in [3.63, 3.8) is 0 Å². The number of nitrogens with two attached hydrogens (primary N) is 1. The lowest BCUT2D eigenvalue weighted by Crippen LogP contribution is -2.24. The molecule has 0 fully saturated rings. The van der Waals surface area contributed by atoms with Gasteiger partial charge >= 0.3 is 0 Å². The van der Waals surface area contributed by atoms with E-state index in [4.69, 9.17) is 11.1 Å². The molecular formula is C11H16N4. The van der Waals surface area contributed by atoms with Crippen molar-refractivity contribution < 1.29 is 0 Å². The Balaban J connectivity index is 2.27. The minimum Gasteiger partial charge on any atom is -0.382 e. The number of nitrogens with one attached hydrogen (secondary N) is 1. The van der Waals surface area contributed by atoms with Crippen LogP contribution in [-0.2, 0) is 13.1 Å². The monoisotopic (exact) mass is 204 g/mol. The van der Waals surface area contributed by atoms with E-state index in [-0.39, 0.29) is 5.84 Å². The van der Waals surface area contributed by atoms with Gasteiger partial charge in [0.1, 0.15) is 11.5 Å². The van der Waals surface area contributed by atoms with Gasteiger partial charge in [-0.3, -0.25) is 15.3 Å². The molecule has 0 atom stereocenters. The van der Waals surface area contributed by atoms with Crippen molar-refractivity contribution in [3.8, 4) is 0 Å². The number of nitrogens with zero attached hydrogens (tertiary/aromatic N) is 2. The summed E-state index contributed by atoms with van der Waals surface area (Å²) in [5.41, 5.74) is 8.50. The fourth-order valence-corrected chi connectivity index (χ4v) is 1.82. The molecule has 0 aliphatic carbocycles. The molecule has 0 amide bonds. The molecule has 0 unspecified atom stereocenters. The van der Waals surface area contributed by atoms with E-state index in [9.17, 15) is 0 Å². The van der Waals surface area contributed by atoms with Crippen LogP contribution >= 0.6 is 0 Å². The average Bonchev–Trinajstić information content (AvgIpc) is 2.59. The highest BCUT2D eigenvalue weighted by Gasteiger charge is 2.21. The summed E-state index contributed by atoms with van der Waals surface area (Å²) in [7, 11) is 0. The largest absolute Gasteiger partial charge is 0.382 e. The van der Waals surface area contributed by atoms with Crippen molar-refractivity contribution in [2.24, 2.45) is 5.73 Å². The van der Waals surface area contributed by atoms with Crippen molar-refractivity contribution in [3.05, 3.63) is 29.1 Å². The number of aromatic nitrogens is 1. The Bertz CT molecular complexity index is 398. The van der Waals surface area contributed by atoms with Gasteiger partial charge in [0.25, 0.3) is 0 Å². The lowest BCUT2D eigenvalue weighted by molar-refractivity contribution is 0.227. The molecule has 0 radical (unpaired) electrons. The van der Waals surface area contributed by atoms with Crippen LogP contribution < -0.4 is 5.73 Å². The quantitative estimate of drug-likeness (QED) is 0.560.